The summed E-state index contributed by atoms with van der Waals surface area (Å²) in [6.07, 6.45) is 4.38. The summed E-state index contributed by atoms with van der Waals surface area (Å²) in [4.78, 5) is 14.0. The minimum Gasteiger partial charge on any atom is -0.481 e. The SMILES string of the molecule is CO[C@H](CC(=O)O)[C@@](C1CCCC1)(N(C)Cc1ccccc1)C(C)(C)C. The predicted molar refractivity (Wildman–Crippen MR) is 105 cm³/mol. The van der Waals surface area contributed by atoms with Gasteiger partial charge in [-0.2, -0.15) is 0 Å². The number of carboxylic acids is 1. The van der Waals surface area contributed by atoms with E-state index in [0.29, 0.717) is 5.92 Å². The second-order valence-corrected chi connectivity index (χ2v) is 8.72. The minimum atomic E-state index is -0.795. The van der Waals surface area contributed by atoms with Gasteiger partial charge < -0.3 is 9.84 Å². The van der Waals surface area contributed by atoms with Crippen LogP contribution in [0.3, 0.4) is 0 Å². The van der Waals surface area contributed by atoms with Crippen LogP contribution in [0, 0.1) is 11.3 Å². The Morgan fingerprint density at radius 2 is 1.81 bits per heavy atom. The number of aliphatic carboxylic acids is 1. The van der Waals surface area contributed by atoms with Crippen LogP contribution in [0.15, 0.2) is 30.3 Å². The lowest BCUT2D eigenvalue weighted by molar-refractivity contribution is -0.160. The second-order valence-electron chi connectivity index (χ2n) is 8.72. The van der Waals surface area contributed by atoms with E-state index in [1.54, 1.807) is 7.11 Å². The number of rotatable bonds is 8. The lowest BCUT2D eigenvalue weighted by Gasteiger charge is -2.58. The highest BCUT2D eigenvalue weighted by atomic mass is 16.5. The summed E-state index contributed by atoms with van der Waals surface area (Å²) >= 11 is 0. The third-order valence-corrected chi connectivity index (χ3v) is 6.21. The molecule has 2 rings (SSSR count). The summed E-state index contributed by atoms with van der Waals surface area (Å²) in [7, 11) is 3.81. The molecule has 0 radical (unpaired) electrons. The first-order chi connectivity index (χ1) is 12.2. The van der Waals surface area contributed by atoms with Gasteiger partial charge in [-0.1, -0.05) is 63.9 Å². The normalized spacial score (nSPS) is 19.5. The van der Waals surface area contributed by atoms with Crippen LogP contribution >= 0.6 is 0 Å². The van der Waals surface area contributed by atoms with Crippen LogP contribution in [0.4, 0.5) is 0 Å². The fraction of sp³-hybridized carbons (Fsp3) is 0.682. The van der Waals surface area contributed by atoms with Crippen molar-refractivity contribution in [3.8, 4) is 0 Å². The van der Waals surface area contributed by atoms with E-state index in [9.17, 15) is 9.90 Å². The first-order valence-corrected chi connectivity index (χ1v) is 9.73. The molecule has 4 heteroatoms. The molecule has 26 heavy (non-hydrogen) atoms. The van der Waals surface area contributed by atoms with Crippen LogP contribution in [0.1, 0.15) is 58.4 Å². The number of carboxylic acid groups (broad SMARTS) is 1. The number of methoxy groups -OCH3 is 1. The molecule has 146 valence electrons. The van der Waals surface area contributed by atoms with Crippen molar-refractivity contribution in [2.45, 2.75) is 71.1 Å². The fourth-order valence-corrected chi connectivity index (χ4v) is 5.42. The Bertz CT molecular complexity index is 575. The van der Waals surface area contributed by atoms with Crippen LogP contribution in [0.2, 0.25) is 0 Å². The zero-order chi connectivity index (χ0) is 19.4. The molecule has 1 saturated carbocycles. The highest BCUT2D eigenvalue weighted by Gasteiger charge is 2.56. The zero-order valence-electron chi connectivity index (χ0n) is 17.0. The number of carbonyl (C=O) groups is 1. The molecule has 0 aliphatic heterocycles. The van der Waals surface area contributed by atoms with E-state index in [0.717, 1.165) is 19.4 Å². The molecule has 1 aromatic carbocycles. The molecule has 1 aliphatic carbocycles. The van der Waals surface area contributed by atoms with Gasteiger partial charge in [0.25, 0.3) is 0 Å². The van der Waals surface area contributed by atoms with Crippen molar-refractivity contribution in [2.75, 3.05) is 14.2 Å². The van der Waals surface area contributed by atoms with E-state index in [1.807, 2.05) is 6.07 Å². The van der Waals surface area contributed by atoms with Gasteiger partial charge in [0.15, 0.2) is 0 Å². The third kappa shape index (κ3) is 4.12. The van der Waals surface area contributed by atoms with Crippen LogP contribution in [-0.4, -0.2) is 41.8 Å². The Morgan fingerprint density at radius 3 is 2.27 bits per heavy atom. The van der Waals surface area contributed by atoms with Gasteiger partial charge >= 0.3 is 5.97 Å². The second kappa shape index (κ2) is 8.53. The molecule has 0 unspecified atom stereocenters. The van der Waals surface area contributed by atoms with E-state index in [-0.39, 0.29) is 23.5 Å². The van der Waals surface area contributed by atoms with E-state index in [1.165, 1.54) is 18.4 Å². The quantitative estimate of drug-likeness (QED) is 0.736. The smallest absolute Gasteiger partial charge is 0.306 e. The average Bonchev–Trinajstić information content (AvgIpc) is 3.08. The number of nitrogens with zero attached hydrogens (tertiary/aromatic N) is 1. The monoisotopic (exact) mass is 361 g/mol. The maximum atomic E-state index is 11.6. The zero-order valence-corrected chi connectivity index (χ0v) is 17.0. The van der Waals surface area contributed by atoms with Crippen LogP contribution in [0.25, 0.3) is 0 Å². The molecule has 2 atom stereocenters. The summed E-state index contributed by atoms with van der Waals surface area (Å²) in [5.74, 6) is -0.364. The molecule has 0 bridgehead atoms. The van der Waals surface area contributed by atoms with Gasteiger partial charge in [0.05, 0.1) is 18.1 Å². The van der Waals surface area contributed by atoms with Crippen LogP contribution in [0.5, 0.6) is 0 Å². The number of hydrogen-bond donors (Lipinski definition) is 1. The number of likely N-dealkylation sites (N-methyl/N-ethyl adjacent to an activating group) is 1. The average molecular weight is 362 g/mol. The molecular weight excluding hydrogens is 326 g/mol. The largest absolute Gasteiger partial charge is 0.481 e. The maximum Gasteiger partial charge on any atom is 0.306 e. The van der Waals surface area contributed by atoms with Crippen molar-refractivity contribution in [3.05, 3.63) is 35.9 Å². The molecule has 4 nitrogen and oxygen atoms in total. The first-order valence-electron chi connectivity index (χ1n) is 9.73. The van der Waals surface area contributed by atoms with E-state index in [4.69, 9.17) is 4.74 Å². The summed E-state index contributed by atoms with van der Waals surface area (Å²) in [6, 6.07) is 10.4. The summed E-state index contributed by atoms with van der Waals surface area (Å²) in [6.45, 7) is 7.50. The first kappa shape index (κ1) is 20.9. The number of hydrogen-bond acceptors (Lipinski definition) is 3. The molecule has 0 heterocycles. The fourth-order valence-electron chi connectivity index (χ4n) is 5.42. The van der Waals surface area contributed by atoms with Crippen molar-refractivity contribution in [2.24, 2.45) is 11.3 Å². The summed E-state index contributed by atoms with van der Waals surface area (Å²) < 4.78 is 5.90. The van der Waals surface area contributed by atoms with Crippen molar-refractivity contribution in [1.29, 1.82) is 0 Å². The van der Waals surface area contributed by atoms with Crippen molar-refractivity contribution in [3.63, 3.8) is 0 Å². The highest BCUT2D eigenvalue weighted by molar-refractivity contribution is 5.67. The van der Waals surface area contributed by atoms with Crippen LogP contribution < -0.4 is 0 Å². The predicted octanol–water partition coefficient (Wildman–Crippen LogP) is 4.58. The maximum absolute atomic E-state index is 11.6. The standard InChI is InChI=1S/C22H35NO3/c1-21(2,3)22(18-13-9-10-14-18,19(26-5)15-20(24)25)23(4)16-17-11-7-6-8-12-17/h6-8,11-12,18-19H,9-10,13-16H2,1-5H3,(H,24,25)/t19-,22-/m1/s1. The molecule has 1 aliphatic rings. The Morgan fingerprint density at radius 1 is 1.23 bits per heavy atom. The van der Waals surface area contributed by atoms with Gasteiger partial charge in [-0.15, -0.1) is 0 Å². The molecular formula is C22H35NO3. The Labute approximate surface area is 158 Å². The molecule has 0 spiro atoms. The van der Waals surface area contributed by atoms with Crippen molar-refractivity contribution < 1.29 is 14.6 Å². The topological polar surface area (TPSA) is 49.8 Å². The van der Waals surface area contributed by atoms with Gasteiger partial charge in [0.2, 0.25) is 0 Å². The summed E-state index contributed by atoms with van der Waals surface area (Å²) in [5, 5.41) is 9.56. The van der Waals surface area contributed by atoms with Crippen molar-refractivity contribution in [1.82, 2.24) is 4.90 Å². The lowest BCUT2D eigenvalue weighted by Crippen LogP contribution is -2.67. The molecule has 0 aromatic heterocycles. The van der Waals surface area contributed by atoms with Gasteiger partial charge in [-0.3, -0.25) is 9.69 Å². The van der Waals surface area contributed by atoms with Gasteiger partial charge in [-0.05, 0) is 36.8 Å². The lowest BCUT2D eigenvalue weighted by atomic mass is 9.60. The Kier molecular flexibility index (Phi) is 6.86. The van der Waals surface area contributed by atoms with E-state index >= 15 is 0 Å². The van der Waals surface area contributed by atoms with E-state index < -0.39 is 5.97 Å². The van der Waals surface area contributed by atoms with Crippen LogP contribution in [-0.2, 0) is 16.1 Å². The molecule has 1 fully saturated rings. The minimum absolute atomic E-state index is 0.0312. The number of ether oxygens (including phenoxy) is 1. The molecule has 0 saturated heterocycles. The molecule has 0 amide bonds. The highest BCUT2D eigenvalue weighted by Crippen LogP contribution is 2.51. The van der Waals surface area contributed by atoms with Gasteiger partial charge in [0.1, 0.15) is 0 Å². The molecule has 1 N–H and O–H groups in total. The van der Waals surface area contributed by atoms with Gasteiger partial charge in [0, 0.05) is 13.7 Å². The third-order valence-electron chi connectivity index (χ3n) is 6.21. The molecule has 1 aromatic rings. The Hall–Kier alpha value is -1.39. The summed E-state index contributed by atoms with van der Waals surface area (Å²) in [5.41, 5.74) is 0.778. The van der Waals surface area contributed by atoms with Crippen molar-refractivity contribution >= 4 is 5.97 Å². The van der Waals surface area contributed by atoms with Gasteiger partial charge in [-0.25, -0.2) is 0 Å². The Balaban J connectivity index is 2.51. The number of benzene rings is 1. The van der Waals surface area contributed by atoms with E-state index in [2.05, 4.69) is 57.0 Å².